The van der Waals surface area contributed by atoms with Crippen molar-refractivity contribution >= 4 is 11.9 Å². The van der Waals surface area contributed by atoms with E-state index in [1.807, 2.05) is 23.4 Å². The van der Waals surface area contributed by atoms with Crippen LogP contribution >= 0.6 is 0 Å². The first-order valence-electron chi connectivity index (χ1n) is 10.8. The number of amides is 1. The Morgan fingerprint density at radius 3 is 2.71 bits per heavy atom. The van der Waals surface area contributed by atoms with Crippen molar-refractivity contribution in [3.63, 3.8) is 0 Å². The van der Waals surface area contributed by atoms with Crippen molar-refractivity contribution in [2.75, 3.05) is 19.6 Å². The number of nitrogens with one attached hydrogen (secondary N) is 2. The number of guanidine groups is 1. The first kappa shape index (κ1) is 20.6. The van der Waals surface area contributed by atoms with E-state index < -0.39 is 0 Å². The van der Waals surface area contributed by atoms with Gasteiger partial charge in [-0.1, -0.05) is 26.2 Å². The molecule has 2 fully saturated rings. The molecule has 28 heavy (non-hydrogen) atoms. The summed E-state index contributed by atoms with van der Waals surface area (Å²) in [4.78, 5) is 19.4. The van der Waals surface area contributed by atoms with Crippen LogP contribution in [0.3, 0.4) is 0 Å². The Morgan fingerprint density at radius 2 is 2.04 bits per heavy atom. The average molecular weight is 390 g/mol. The van der Waals surface area contributed by atoms with Crippen molar-refractivity contribution in [1.29, 1.82) is 0 Å². The van der Waals surface area contributed by atoms with Gasteiger partial charge in [0, 0.05) is 38.6 Å². The molecule has 1 unspecified atom stereocenters. The van der Waals surface area contributed by atoms with Gasteiger partial charge >= 0.3 is 0 Å². The number of carbonyl (C=O) groups is 1. The molecule has 1 aliphatic heterocycles. The molecule has 2 heterocycles. The number of hydrogen-bond acceptors (Lipinski definition) is 4. The van der Waals surface area contributed by atoms with Crippen LogP contribution in [0.15, 0.2) is 4.99 Å². The normalized spacial score (nSPS) is 20.8. The van der Waals surface area contributed by atoms with Gasteiger partial charge in [0.2, 0.25) is 5.91 Å². The van der Waals surface area contributed by atoms with E-state index in [0.717, 1.165) is 69.3 Å². The second-order valence-corrected chi connectivity index (χ2v) is 8.06. The lowest BCUT2D eigenvalue weighted by Gasteiger charge is -2.21. The smallest absolute Gasteiger partial charge is 0.225 e. The molecular weight excluding hydrogens is 354 g/mol. The first-order valence-corrected chi connectivity index (χ1v) is 10.8. The molecule has 0 spiro atoms. The first-order chi connectivity index (χ1) is 13.6. The maximum Gasteiger partial charge on any atom is 0.225 e. The molecule has 0 radical (unpaired) electrons. The van der Waals surface area contributed by atoms with E-state index in [4.69, 9.17) is 4.99 Å². The Balaban J connectivity index is 1.57. The van der Waals surface area contributed by atoms with Crippen molar-refractivity contribution in [1.82, 2.24) is 30.3 Å². The van der Waals surface area contributed by atoms with Crippen molar-refractivity contribution in [2.45, 2.75) is 71.4 Å². The fourth-order valence-corrected chi connectivity index (χ4v) is 3.98. The third-order valence-corrected chi connectivity index (χ3v) is 5.93. The number of rotatable bonds is 7. The van der Waals surface area contributed by atoms with Crippen LogP contribution in [0.4, 0.5) is 0 Å². The Kier molecular flexibility index (Phi) is 7.28. The van der Waals surface area contributed by atoms with Crippen LogP contribution in [-0.4, -0.2) is 57.2 Å². The number of aliphatic imine (C=N–C) groups is 1. The molecule has 8 heteroatoms. The van der Waals surface area contributed by atoms with E-state index in [0.29, 0.717) is 12.5 Å². The molecule has 156 valence electrons. The molecule has 2 N–H and O–H groups in total. The summed E-state index contributed by atoms with van der Waals surface area (Å²) in [7, 11) is 1.96. The van der Waals surface area contributed by atoms with Crippen LogP contribution in [0, 0.1) is 12.8 Å². The summed E-state index contributed by atoms with van der Waals surface area (Å²) in [5.74, 6) is 3.14. The van der Waals surface area contributed by atoms with Crippen LogP contribution in [-0.2, 0) is 18.4 Å². The van der Waals surface area contributed by atoms with Crippen LogP contribution < -0.4 is 10.6 Å². The third kappa shape index (κ3) is 5.23. The van der Waals surface area contributed by atoms with Gasteiger partial charge in [-0.15, -0.1) is 10.2 Å². The van der Waals surface area contributed by atoms with Gasteiger partial charge < -0.3 is 20.1 Å². The van der Waals surface area contributed by atoms with Crippen LogP contribution in [0.5, 0.6) is 0 Å². The summed E-state index contributed by atoms with van der Waals surface area (Å²) in [6.45, 7) is 7.10. The maximum absolute atomic E-state index is 12.7. The number of aromatic nitrogens is 3. The predicted octanol–water partition coefficient (Wildman–Crippen LogP) is 1.75. The minimum Gasteiger partial charge on any atom is -0.356 e. The van der Waals surface area contributed by atoms with Gasteiger partial charge in [-0.05, 0) is 32.6 Å². The zero-order valence-corrected chi connectivity index (χ0v) is 17.6. The molecular formula is C20H35N7O. The minimum absolute atomic E-state index is 0.250. The Hall–Kier alpha value is -2.12. The van der Waals surface area contributed by atoms with Crippen LogP contribution in [0.1, 0.15) is 63.5 Å². The second kappa shape index (κ2) is 9.89. The largest absolute Gasteiger partial charge is 0.356 e. The van der Waals surface area contributed by atoms with E-state index in [2.05, 4.69) is 27.8 Å². The molecule has 1 aromatic heterocycles. The molecule has 1 saturated heterocycles. The average Bonchev–Trinajstić information content (AvgIpc) is 3.43. The molecule has 8 nitrogen and oxygen atoms in total. The zero-order valence-electron chi connectivity index (χ0n) is 17.6. The number of unbranched alkanes of at least 4 members (excludes halogenated alkanes) is 1. The van der Waals surface area contributed by atoms with Crippen molar-refractivity contribution in [3.8, 4) is 0 Å². The van der Waals surface area contributed by atoms with Crippen LogP contribution in [0.25, 0.3) is 0 Å². The van der Waals surface area contributed by atoms with Crippen molar-refractivity contribution in [2.24, 2.45) is 18.0 Å². The SMILES string of the molecule is CCCCNC(=NCc1nnc(C)n1C)NC1CCN(C(=O)C2CCCC2)C1. The summed E-state index contributed by atoms with van der Waals surface area (Å²) >= 11 is 0. The van der Waals surface area contributed by atoms with Gasteiger partial charge in [-0.25, -0.2) is 4.99 Å². The fraction of sp³-hybridized carbons (Fsp3) is 0.800. The molecule has 1 saturated carbocycles. The molecule has 0 bridgehead atoms. The minimum atomic E-state index is 0.250. The van der Waals surface area contributed by atoms with Gasteiger partial charge in [0.1, 0.15) is 12.4 Å². The number of hydrogen-bond donors (Lipinski definition) is 2. The van der Waals surface area contributed by atoms with E-state index in [1.54, 1.807) is 0 Å². The van der Waals surface area contributed by atoms with E-state index in [9.17, 15) is 4.79 Å². The zero-order chi connectivity index (χ0) is 19.9. The van der Waals surface area contributed by atoms with Crippen molar-refractivity contribution < 1.29 is 4.79 Å². The highest BCUT2D eigenvalue weighted by molar-refractivity contribution is 5.81. The fourth-order valence-electron chi connectivity index (χ4n) is 3.98. The van der Waals surface area contributed by atoms with E-state index in [-0.39, 0.29) is 12.0 Å². The molecule has 1 aliphatic carbocycles. The Morgan fingerprint density at radius 1 is 1.25 bits per heavy atom. The quantitative estimate of drug-likeness (QED) is 0.421. The highest BCUT2D eigenvalue weighted by atomic mass is 16.2. The van der Waals surface area contributed by atoms with E-state index in [1.165, 1.54) is 12.8 Å². The molecule has 1 atom stereocenters. The van der Waals surface area contributed by atoms with Gasteiger partial charge in [0.25, 0.3) is 0 Å². The molecule has 3 rings (SSSR count). The number of nitrogens with zero attached hydrogens (tertiary/aromatic N) is 5. The predicted molar refractivity (Wildman–Crippen MR) is 110 cm³/mol. The third-order valence-electron chi connectivity index (χ3n) is 5.93. The summed E-state index contributed by atoms with van der Waals surface area (Å²) in [5.41, 5.74) is 0. The van der Waals surface area contributed by atoms with Gasteiger partial charge in [0.15, 0.2) is 11.8 Å². The Bertz CT molecular complexity index is 678. The highest BCUT2D eigenvalue weighted by Gasteiger charge is 2.32. The molecule has 2 aliphatic rings. The number of likely N-dealkylation sites (tertiary alicyclic amines) is 1. The van der Waals surface area contributed by atoms with Gasteiger partial charge in [-0.3, -0.25) is 4.79 Å². The standard InChI is InChI=1S/C20H35N7O/c1-4-5-11-21-20(22-13-18-25-24-15(2)26(18)3)23-17-10-12-27(14-17)19(28)16-8-6-7-9-16/h16-17H,4-14H2,1-3H3,(H2,21,22,23). The lowest BCUT2D eigenvalue weighted by Crippen LogP contribution is -2.45. The number of carbonyl (C=O) groups excluding carboxylic acids is 1. The van der Waals surface area contributed by atoms with E-state index >= 15 is 0 Å². The number of aryl methyl sites for hydroxylation is 1. The van der Waals surface area contributed by atoms with Crippen LogP contribution in [0.2, 0.25) is 0 Å². The van der Waals surface area contributed by atoms with Gasteiger partial charge in [0.05, 0.1) is 0 Å². The Labute approximate surface area is 168 Å². The monoisotopic (exact) mass is 389 g/mol. The topological polar surface area (TPSA) is 87.4 Å². The second-order valence-electron chi connectivity index (χ2n) is 8.06. The highest BCUT2D eigenvalue weighted by Crippen LogP contribution is 2.27. The van der Waals surface area contributed by atoms with Gasteiger partial charge in [-0.2, -0.15) is 0 Å². The lowest BCUT2D eigenvalue weighted by atomic mass is 10.1. The summed E-state index contributed by atoms with van der Waals surface area (Å²) in [6, 6.07) is 0.250. The molecule has 0 aromatic carbocycles. The molecule has 1 amide bonds. The summed E-state index contributed by atoms with van der Waals surface area (Å²) in [5, 5.41) is 15.2. The summed E-state index contributed by atoms with van der Waals surface area (Å²) in [6.07, 6.45) is 7.73. The maximum atomic E-state index is 12.7. The van der Waals surface area contributed by atoms with Crippen molar-refractivity contribution in [3.05, 3.63) is 11.6 Å². The lowest BCUT2D eigenvalue weighted by molar-refractivity contribution is -0.134. The molecule has 1 aromatic rings. The summed E-state index contributed by atoms with van der Waals surface area (Å²) < 4.78 is 1.96.